The van der Waals surface area contributed by atoms with Crippen LogP contribution in [0.2, 0.25) is 0 Å². The summed E-state index contributed by atoms with van der Waals surface area (Å²) < 4.78 is 10.8. The Morgan fingerprint density at radius 1 is 1.07 bits per heavy atom. The zero-order valence-corrected chi connectivity index (χ0v) is 17.3. The molecule has 2 amide bonds. The normalized spacial score (nSPS) is 10.2. The summed E-state index contributed by atoms with van der Waals surface area (Å²) >= 11 is 5.03. The SMILES string of the molecule is C=CCOc1ccccc1C(=O)NNC(=S)NC(=O)/C=C/c1ccc(OCC)cc1. The summed E-state index contributed by atoms with van der Waals surface area (Å²) in [5.74, 6) is 0.267. The molecule has 0 bridgehead atoms. The van der Waals surface area contributed by atoms with Gasteiger partial charge in [0.1, 0.15) is 18.1 Å². The van der Waals surface area contributed by atoms with Gasteiger partial charge in [-0.2, -0.15) is 0 Å². The lowest BCUT2D eigenvalue weighted by atomic mass is 10.2. The van der Waals surface area contributed by atoms with E-state index in [1.165, 1.54) is 6.08 Å². The van der Waals surface area contributed by atoms with E-state index in [4.69, 9.17) is 21.7 Å². The van der Waals surface area contributed by atoms with Crippen molar-refractivity contribution in [2.45, 2.75) is 6.92 Å². The van der Waals surface area contributed by atoms with Crippen molar-refractivity contribution in [3.05, 3.63) is 78.4 Å². The molecule has 0 aliphatic heterocycles. The highest BCUT2D eigenvalue weighted by molar-refractivity contribution is 7.80. The van der Waals surface area contributed by atoms with Gasteiger partial charge in [0, 0.05) is 6.08 Å². The van der Waals surface area contributed by atoms with Crippen molar-refractivity contribution in [2.75, 3.05) is 13.2 Å². The second-order valence-electron chi connectivity index (χ2n) is 5.83. The summed E-state index contributed by atoms with van der Waals surface area (Å²) in [6.07, 6.45) is 4.56. The van der Waals surface area contributed by atoms with Crippen LogP contribution in [0.5, 0.6) is 11.5 Å². The van der Waals surface area contributed by atoms with Gasteiger partial charge >= 0.3 is 0 Å². The maximum atomic E-state index is 12.3. The largest absolute Gasteiger partial charge is 0.494 e. The van der Waals surface area contributed by atoms with Crippen molar-refractivity contribution < 1.29 is 19.1 Å². The molecule has 0 fully saturated rings. The molecule has 2 rings (SSSR count). The molecule has 0 aliphatic rings. The van der Waals surface area contributed by atoms with Crippen LogP contribution in [0, 0.1) is 0 Å². The molecule has 3 N–H and O–H groups in total. The zero-order chi connectivity index (χ0) is 21.8. The number of amides is 2. The van der Waals surface area contributed by atoms with Crippen LogP contribution in [-0.2, 0) is 4.79 Å². The van der Waals surface area contributed by atoms with Gasteiger partial charge in [0.05, 0.1) is 12.2 Å². The highest BCUT2D eigenvalue weighted by Crippen LogP contribution is 2.17. The van der Waals surface area contributed by atoms with Gasteiger partial charge in [-0.05, 0) is 55.0 Å². The van der Waals surface area contributed by atoms with Gasteiger partial charge in [0.2, 0.25) is 5.91 Å². The fourth-order valence-electron chi connectivity index (χ4n) is 2.31. The van der Waals surface area contributed by atoms with Gasteiger partial charge in [-0.3, -0.25) is 25.8 Å². The Morgan fingerprint density at radius 2 is 1.80 bits per heavy atom. The van der Waals surface area contributed by atoms with Crippen LogP contribution < -0.4 is 25.6 Å². The fourth-order valence-corrected chi connectivity index (χ4v) is 2.46. The number of para-hydroxylation sites is 1. The Kier molecular flexibility index (Phi) is 9.08. The van der Waals surface area contributed by atoms with Crippen molar-refractivity contribution in [3.63, 3.8) is 0 Å². The van der Waals surface area contributed by atoms with Gasteiger partial charge in [-0.15, -0.1) is 0 Å². The molecule has 0 unspecified atom stereocenters. The highest BCUT2D eigenvalue weighted by atomic mass is 32.1. The van der Waals surface area contributed by atoms with Crippen LogP contribution in [0.25, 0.3) is 6.08 Å². The Morgan fingerprint density at radius 3 is 2.50 bits per heavy atom. The second-order valence-corrected chi connectivity index (χ2v) is 6.24. The molecule has 8 heteroatoms. The molecule has 0 radical (unpaired) electrons. The summed E-state index contributed by atoms with van der Waals surface area (Å²) in [5, 5.41) is 2.40. The van der Waals surface area contributed by atoms with Gasteiger partial charge in [0.25, 0.3) is 5.91 Å². The van der Waals surface area contributed by atoms with E-state index in [1.54, 1.807) is 36.4 Å². The lowest BCUT2D eigenvalue weighted by Gasteiger charge is -2.12. The van der Waals surface area contributed by atoms with E-state index in [9.17, 15) is 9.59 Å². The maximum Gasteiger partial charge on any atom is 0.273 e. The van der Waals surface area contributed by atoms with Crippen molar-refractivity contribution >= 4 is 35.2 Å². The van der Waals surface area contributed by atoms with Gasteiger partial charge in [-0.25, -0.2) is 0 Å². The van der Waals surface area contributed by atoms with Gasteiger partial charge in [0.15, 0.2) is 5.11 Å². The molecule has 0 saturated carbocycles. The number of ether oxygens (including phenoxy) is 2. The van der Waals surface area contributed by atoms with Crippen LogP contribution >= 0.6 is 12.2 Å². The number of carbonyl (C=O) groups is 2. The summed E-state index contributed by atoms with van der Waals surface area (Å²) in [6, 6.07) is 14.0. The number of benzene rings is 2. The smallest absolute Gasteiger partial charge is 0.273 e. The summed E-state index contributed by atoms with van der Waals surface area (Å²) in [6.45, 7) is 6.35. The van der Waals surface area contributed by atoms with Crippen molar-refractivity contribution in [2.24, 2.45) is 0 Å². The highest BCUT2D eigenvalue weighted by Gasteiger charge is 2.12. The van der Waals surface area contributed by atoms with E-state index in [2.05, 4.69) is 22.7 Å². The van der Waals surface area contributed by atoms with Crippen molar-refractivity contribution in [1.82, 2.24) is 16.2 Å². The second kappa shape index (κ2) is 12.0. The summed E-state index contributed by atoms with van der Waals surface area (Å²) in [5.41, 5.74) is 6.06. The van der Waals surface area contributed by atoms with E-state index in [0.717, 1.165) is 11.3 Å². The molecule has 30 heavy (non-hydrogen) atoms. The molecule has 0 spiro atoms. The van der Waals surface area contributed by atoms with Gasteiger partial charge < -0.3 is 9.47 Å². The van der Waals surface area contributed by atoms with Crippen LogP contribution in [0.4, 0.5) is 0 Å². The first-order chi connectivity index (χ1) is 14.5. The molecule has 0 saturated heterocycles. The quantitative estimate of drug-likeness (QED) is 0.261. The molecule has 0 atom stereocenters. The minimum absolute atomic E-state index is 0.0471. The number of hydrazine groups is 1. The van der Waals surface area contributed by atoms with Gasteiger partial charge in [-0.1, -0.05) is 36.9 Å². The lowest BCUT2D eigenvalue weighted by Crippen LogP contribution is -2.48. The third-order valence-corrected chi connectivity index (χ3v) is 3.84. The number of rotatable bonds is 8. The minimum Gasteiger partial charge on any atom is -0.494 e. The van der Waals surface area contributed by atoms with Crippen LogP contribution in [0.3, 0.4) is 0 Å². The van der Waals surface area contributed by atoms with E-state index in [-0.39, 0.29) is 11.7 Å². The summed E-state index contributed by atoms with van der Waals surface area (Å²) in [7, 11) is 0. The van der Waals surface area contributed by atoms with Crippen LogP contribution in [0.1, 0.15) is 22.8 Å². The predicted octanol–water partition coefficient (Wildman–Crippen LogP) is 3.00. The molecule has 0 heterocycles. The standard InChI is InChI=1S/C22H23N3O4S/c1-3-15-29-19-8-6-5-7-18(19)21(27)24-25-22(30)23-20(26)14-11-16-9-12-17(13-10-16)28-4-2/h3,5-14H,1,4,15H2,2H3,(H,24,27)(H2,23,25,26,30)/b14-11+. The average molecular weight is 426 g/mol. The monoisotopic (exact) mass is 425 g/mol. The average Bonchev–Trinajstić information content (AvgIpc) is 2.76. The predicted molar refractivity (Wildman–Crippen MR) is 120 cm³/mol. The fraction of sp³-hybridized carbons (Fsp3) is 0.136. The van der Waals surface area contributed by atoms with Crippen LogP contribution in [-0.4, -0.2) is 30.1 Å². The maximum absolute atomic E-state index is 12.3. The third-order valence-electron chi connectivity index (χ3n) is 3.63. The van der Waals surface area contributed by atoms with E-state index in [0.29, 0.717) is 17.9 Å². The first-order valence-electron chi connectivity index (χ1n) is 9.18. The molecule has 7 nitrogen and oxygen atoms in total. The van der Waals surface area contributed by atoms with Crippen molar-refractivity contribution in [3.8, 4) is 11.5 Å². The van der Waals surface area contributed by atoms with Crippen LogP contribution in [0.15, 0.2) is 67.3 Å². The molecule has 0 aliphatic carbocycles. The number of thiocarbonyl (C=S) groups is 1. The lowest BCUT2D eigenvalue weighted by molar-refractivity contribution is -0.115. The Balaban J connectivity index is 1.83. The molecule has 0 aromatic heterocycles. The summed E-state index contributed by atoms with van der Waals surface area (Å²) in [4.78, 5) is 24.3. The number of nitrogens with one attached hydrogen (secondary N) is 3. The molecular formula is C22H23N3O4S. The third kappa shape index (κ3) is 7.40. The van der Waals surface area contributed by atoms with Crippen molar-refractivity contribution in [1.29, 1.82) is 0 Å². The molecule has 156 valence electrons. The first-order valence-corrected chi connectivity index (χ1v) is 9.59. The molecule has 2 aromatic carbocycles. The Hall–Kier alpha value is -3.65. The van der Waals surface area contributed by atoms with E-state index >= 15 is 0 Å². The molecule has 2 aromatic rings. The Bertz CT molecular complexity index is 926. The number of carbonyl (C=O) groups excluding carboxylic acids is 2. The topological polar surface area (TPSA) is 88.7 Å². The first kappa shape index (κ1) is 22.6. The number of hydrogen-bond donors (Lipinski definition) is 3. The zero-order valence-electron chi connectivity index (χ0n) is 16.5. The molecular weight excluding hydrogens is 402 g/mol. The van der Waals surface area contributed by atoms with E-state index < -0.39 is 11.8 Å². The Labute approximate surface area is 180 Å². The number of hydrogen-bond acceptors (Lipinski definition) is 5. The van der Waals surface area contributed by atoms with E-state index in [1.807, 2.05) is 31.2 Å². The minimum atomic E-state index is -0.462.